The van der Waals surface area contributed by atoms with Gasteiger partial charge in [0.05, 0.1) is 39.8 Å². The van der Waals surface area contributed by atoms with Gasteiger partial charge in [0.15, 0.2) is 0 Å². The van der Waals surface area contributed by atoms with Crippen molar-refractivity contribution in [1.29, 1.82) is 0 Å². The van der Waals surface area contributed by atoms with Crippen LogP contribution >= 0.6 is 0 Å². The zero-order chi connectivity index (χ0) is 53.8. The number of fused-ring (bicyclic) bond motifs is 5. The summed E-state index contributed by atoms with van der Waals surface area (Å²) in [6, 6.07) is -29.2. The molecule has 0 aliphatic heterocycles. The largest absolute Gasteiger partial charge is 0.310 e. The first-order valence-corrected chi connectivity index (χ1v) is 12.4. The molecule has 8 aromatic carbocycles. The summed E-state index contributed by atoms with van der Waals surface area (Å²) in [5, 5.41) is -3.66. The van der Waals surface area contributed by atoms with Gasteiger partial charge in [0, 0.05) is 17.1 Å². The van der Waals surface area contributed by atoms with Crippen molar-refractivity contribution in [3.8, 4) is 22.3 Å². The lowest BCUT2D eigenvalue weighted by atomic mass is 9.96. The molecule has 1 nitrogen and oxygen atoms in total. The smallest absolute Gasteiger partial charge is 0.0651 e. The molecule has 0 atom stereocenters. The minimum Gasteiger partial charge on any atom is -0.310 e. The number of anilines is 3. The van der Waals surface area contributed by atoms with Crippen LogP contribution in [0.2, 0.25) is 0 Å². The molecule has 0 heterocycles. The van der Waals surface area contributed by atoms with E-state index in [2.05, 4.69) is 0 Å². The van der Waals surface area contributed by atoms with Crippen LogP contribution in [0.25, 0.3) is 54.6 Å². The van der Waals surface area contributed by atoms with Crippen LogP contribution in [-0.4, -0.2) is 0 Å². The molecule has 0 radical (unpaired) electrons. The number of nitrogens with zero attached hydrogens (tertiary/aromatic N) is 1. The molecule has 0 saturated heterocycles. The Labute approximate surface area is 292 Å². The van der Waals surface area contributed by atoms with Gasteiger partial charge in [-0.2, -0.15) is 0 Å². The van der Waals surface area contributed by atoms with Crippen LogP contribution < -0.4 is 4.90 Å². The first-order valence-electron chi connectivity index (χ1n) is 26.9. The first kappa shape index (κ1) is 9.17. The molecule has 8 rings (SSSR count). The molecule has 0 N–H and O–H groups in total. The van der Waals surface area contributed by atoms with Crippen LogP contribution in [0.15, 0.2) is 175 Å². The second kappa shape index (κ2) is 10.6. The Kier molecular flexibility index (Phi) is 2.27. The maximum Gasteiger partial charge on any atom is 0.0651 e. The van der Waals surface area contributed by atoms with E-state index in [1.165, 1.54) is 0 Å². The van der Waals surface area contributed by atoms with Gasteiger partial charge in [0.2, 0.25) is 0 Å². The Hall–Kier alpha value is -5.66. The minimum atomic E-state index is -1.24. The third-order valence-corrected chi connectivity index (χ3v) is 6.26. The number of hydrogen-bond acceptors (Lipinski definition) is 1. The Morgan fingerprint density at radius 3 is 1.30 bits per heavy atom. The highest BCUT2D eigenvalue weighted by molar-refractivity contribution is 6.17. The summed E-state index contributed by atoms with van der Waals surface area (Å²) in [6.45, 7) is 0. The first-order chi connectivity index (χ1) is 33.4. The van der Waals surface area contributed by atoms with Gasteiger partial charge in [0.25, 0.3) is 0 Å². The second-order valence-corrected chi connectivity index (χ2v) is 8.76. The van der Waals surface area contributed by atoms with Crippen molar-refractivity contribution in [3.05, 3.63) is 175 Å². The van der Waals surface area contributed by atoms with E-state index in [1.807, 2.05) is 0 Å². The quantitative estimate of drug-likeness (QED) is 0.184. The molecule has 0 aromatic heterocycles. The number of benzene rings is 8. The van der Waals surface area contributed by atoms with Crippen LogP contribution in [0, 0.1) is 0 Å². The molecule has 0 spiro atoms. The molecule has 43 heavy (non-hydrogen) atoms. The Balaban J connectivity index is 1.61. The number of rotatable bonds is 5. The van der Waals surface area contributed by atoms with Crippen LogP contribution in [0.3, 0.4) is 0 Å². The highest BCUT2D eigenvalue weighted by atomic mass is 15.1. The Morgan fingerprint density at radius 2 is 0.721 bits per heavy atom. The molecule has 0 fully saturated rings. The monoisotopic (exact) mass is 576 g/mol. The van der Waals surface area contributed by atoms with Gasteiger partial charge in [-0.15, -0.1) is 0 Å². The van der Waals surface area contributed by atoms with E-state index < -0.39 is 247 Å². The van der Waals surface area contributed by atoms with Crippen molar-refractivity contribution in [2.24, 2.45) is 0 Å². The lowest BCUT2D eigenvalue weighted by molar-refractivity contribution is 1.29. The van der Waals surface area contributed by atoms with E-state index in [1.54, 1.807) is 0 Å². The SMILES string of the molecule is [2H]c1c([2H])c([2H])c(-c2c([2H])c([2H])c(N(c3c([2H])c([2H])c(-c4c([2H])c([2H])c([2H])c([2H])c4[2H])c([2H])c3[2H])c3c([2H])c([2H])c4c(c3[2H])c([2H])c([2H])c3c5c([2H])c([2H])c([2H])c([2H])c5c([2H])c([2H])c43)c([2H])c2[2H])c([2H])c1[2H]. The summed E-state index contributed by atoms with van der Waals surface area (Å²) < 4.78 is 256. The molecule has 0 unspecified atom stereocenters. The third-order valence-electron chi connectivity index (χ3n) is 6.26. The summed E-state index contributed by atoms with van der Waals surface area (Å²) >= 11 is 0. The molecular formula is C42H29N. The van der Waals surface area contributed by atoms with Gasteiger partial charge in [-0.05, 0) is 90.8 Å². The second-order valence-electron chi connectivity index (χ2n) is 8.76. The molecule has 1 heteroatoms. The molecule has 0 amide bonds. The maximum atomic E-state index is 9.71. The summed E-state index contributed by atoms with van der Waals surface area (Å²) in [4.78, 5) is 0.336. The summed E-state index contributed by atoms with van der Waals surface area (Å²) in [5.41, 5.74) is -6.74. The molecule has 0 saturated carbocycles. The molecule has 8 aromatic rings. The topological polar surface area (TPSA) is 3.24 Å². The average molecular weight is 577 g/mol. The van der Waals surface area contributed by atoms with E-state index in [0.29, 0.717) is 4.90 Å². The summed E-state index contributed by atoms with van der Waals surface area (Å²) in [7, 11) is 0. The third kappa shape index (κ3) is 4.62. The van der Waals surface area contributed by atoms with Crippen LogP contribution in [0.5, 0.6) is 0 Å². The van der Waals surface area contributed by atoms with Gasteiger partial charge >= 0.3 is 0 Å². The number of hydrogen-bond donors (Lipinski definition) is 0. The van der Waals surface area contributed by atoms with Crippen molar-refractivity contribution in [2.45, 2.75) is 0 Å². The predicted octanol–water partition coefficient (Wildman–Crippen LogP) is 11.9. The minimum absolute atomic E-state index is 0.336. The lowest BCUT2D eigenvalue weighted by Crippen LogP contribution is -2.09. The average Bonchev–Trinajstić information content (AvgIpc) is 3.34. The zero-order valence-corrected chi connectivity index (χ0v) is 21.4. The predicted molar refractivity (Wildman–Crippen MR) is 185 cm³/mol. The highest BCUT2D eigenvalue weighted by Crippen LogP contribution is 2.39. The van der Waals surface area contributed by atoms with Crippen molar-refractivity contribution in [2.75, 3.05) is 4.90 Å². The van der Waals surface area contributed by atoms with Crippen LogP contribution in [0.1, 0.15) is 39.8 Å². The van der Waals surface area contributed by atoms with Crippen LogP contribution in [-0.2, 0) is 0 Å². The normalized spacial score (nSPS) is 20.7. The van der Waals surface area contributed by atoms with E-state index in [0.717, 1.165) is 0 Å². The summed E-state index contributed by atoms with van der Waals surface area (Å²) in [5.74, 6) is 0. The fourth-order valence-corrected chi connectivity index (χ4v) is 4.30. The summed E-state index contributed by atoms with van der Waals surface area (Å²) in [6.07, 6.45) is 0. The molecule has 0 bridgehead atoms. The lowest BCUT2D eigenvalue weighted by Gasteiger charge is -2.26. The van der Waals surface area contributed by atoms with Gasteiger partial charge in [-0.1, -0.05) is 139 Å². The fraction of sp³-hybridized carbons (Fsp3) is 0. The van der Waals surface area contributed by atoms with Gasteiger partial charge < -0.3 is 4.90 Å². The Morgan fingerprint density at radius 1 is 0.302 bits per heavy atom. The van der Waals surface area contributed by atoms with E-state index >= 15 is 0 Å². The van der Waals surface area contributed by atoms with Crippen molar-refractivity contribution >= 4 is 49.4 Å². The van der Waals surface area contributed by atoms with E-state index in [4.69, 9.17) is 21.9 Å². The Bertz CT molecular complexity index is 3610. The molecular weight excluding hydrogens is 518 g/mol. The molecule has 0 aliphatic rings. The van der Waals surface area contributed by atoms with Gasteiger partial charge in [0.1, 0.15) is 0 Å². The van der Waals surface area contributed by atoms with Gasteiger partial charge in [-0.25, -0.2) is 0 Å². The van der Waals surface area contributed by atoms with Crippen molar-refractivity contribution < 1.29 is 39.8 Å². The zero-order valence-electron chi connectivity index (χ0n) is 50.4. The van der Waals surface area contributed by atoms with Crippen LogP contribution in [0.4, 0.5) is 17.1 Å². The van der Waals surface area contributed by atoms with Crippen molar-refractivity contribution in [3.63, 3.8) is 0 Å². The fourth-order valence-electron chi connectivity index (χ4n) is 4.30. The van der Waals surface area contributed by atoms with Crippen molar-refractivity contribution in [1.82, 2.24) is 0 Å². The maximum absolute atomic E-state index is 9.71. The molecule has 0 aliphatic carbocycles. The van der Waals surface area contributed by atoms with Gasteiger partial charge in [-0.3, -0.25) is 0 Å². The van der Waals surface area contributed by atoms with E-state index in [-0.39, 0.29) is 0 Å². The highest BCUT2D eigenvalue weighted by Gasteiger charge is 2.15. The molecule has 202 valence electrons. The standard InChI is InChI=1S/C42H29N/c1-3-9-30(10-4-1)32-15-21-36(22-16-32)43(37-23-17-33(18-24-37)31-11-5-2-6-12-31)38-25-28-40-35(29-38)20-27-41-39-14-8-7-13-34(39)19-26-42(40)41/h1-29H/i1D,2D,3D,4D,5D,6D,7D,8D,9D,10D,11D,12D,13D,14D,15D,16D,17D,18D,19D,20D,21D,22D,23D,24D,25D,26D,27D,28D,29D. The van der Waals surface area contributed by atoms with E-state index in [9.17, 15) is 17.8 Å².